The van der Waals surface area contributed by atoms with Crippen LogP contribution in [0.2, 0.25) is 0 Å². The van der Waals surface area contributed by atoms with Gasteiger partial charge in [-0.25, -0.2) is 0 Å². The van der Waals surface area contributed by atoms with Crippen LogP contribution in [0.4, 0.5) is 0 Å². The van der Waals surface area contributed by atoms with Crippen molar-refractivity contribution >= 4 is 5.97 Å². The summed E-state index contributed by atoms with van der Waals surface area (Å²) in [6.07, 6.45) is -0.243. The summed E-state index contributed by atoms with van der Waals surface area (Å²) in [7, 11) is 1.31. The maximum atomic E-state index is 10.9. The molecule has 0 aliphatic heterocycles. The van der Waals surface area contributed by atoms with E-state index in [4.69, 9.17) is 9.26 Å². The van der Waals surface area contributed by atoms with Gasteiger partial charge in [-0.2, -0.15) is 4.98 Å². The van der Waals surface area contributed by atoms with Crippen molar-refractivity contribution in [3.63, 3.8) is 0 Å². The lowest BCUT2D eigenvalue weighted by Gasteiger charge is -2.04. The second kappa shape index (κ2) is 5.45. The van der Waals surface area contributed by atoms with Crippen molar-refractivity contribution in [1.29, 1.82) is 0 Å². The maximum Gasteiger partial charge on any atom is 0.315 e. The van der Waals surface area contributed by atoms with Gasteiger partial charge in [-0.1, -0.05) is 5.16 Å². The molecule has 15 heavy (non-hydrogen) atoms. The van der Waals surface area contributed by atoms with Crippen LogP contribution in [-0.2, 0) is 20.7 Å². The lowest BCUT2D eigenvalue weighted by Crippen LogP contribution is -2.05. The van der Waals surface area contributed by atoms with Gasteiger partial charge in [-0.05, 0) is 13.8 Å². The van der Waals surface area contributed by atoms with E-state index >= 15 is 0 Å². The Bertz CT molecular complexity index is 324. The molecule has 0 N–H and O–H groups in total. The van der Waals surface area contributed by atoms with Crippen LogP contribution in [0, 0.1) is 0 Å². The van der Waals surface area contributed by atoms with E-state index in [1.54, 1.807) is 0 Å². The smallest absolute Gasteiger partial charge is 0.315 e. The molecule has 0 spiro atoms. The summed E-state index contributed by atoms with van der Waals surface area (Å²) in [5.41, 5.74) is 0. The van der Waals surface area contributed by atoms with Gasteiger partial charge in [0.15, 0.2) is 5.82 Å². The van der Waals surface area contributed by atoms with Crippen LogP contribution in [0.15, 0.2) is 4.52 Å². The summed E-state index contributed by atoms with van der Waals surface area (Å²) < 4.78 is 14.6. The Kier molecular flexibility index (Phi) is 4.23. The molecule has 84 valence electrons. The molecule has 0 fully saturated rings. The molecule has 0 bridgehead atoms. The molecule has 6 heteroatoms. The average Bonchev–Trinajstić information content (AvgIpc) is 2.66. The quantitative estimate of drug-likeness (QED) is 0.677. The third kappa shape index (κ3) is 3.32. The predicted molar refractivity (Wildman–Crippen MR) is 50.1 cm³/mol. The third-order valence-electron chi connectivity index (χ3n) is 1.79. The Balaban J connectivity index is 2.59. The molecule has 6 nitrogen and oxygen atoms in total. The van der Waals surface area contributed by atoms with Gasteiger partial charge in [0, 0.05) is 6.61 Å². The van der Waals surface area contributed by atoms with Crippen LogP contribution in [0.5, 0.6) is 0 Å². The largest absolute Gasteiger partial charge is 0.469 e. The van der Waals surface area contributed by atoms with Gasteiger partial charge >= 0.3 is 5.97 Å². The van der Waals surface area contributed by atoms with Gasteiger partial charge in [0.2, 0.25) is 5.89 Å². The Morgan fingerprint density at radius 2 is 2.33 bits per heavy atom. The van der Waals surface area contributed by atoms with Gasteiger partial charge < -0.3 is 14.0 Å². The van der Waals surface area contributed by atoms with E-state index in [2.05, 4.69) is 14.9 Å². The third-order valence-corrected chi connectivity index (χ3v) is 1.79. The number of hydrogen-bond acceptors (Lipinski definition) is 6. The Hall–Kier alpha value is -1.43. The first kappa shape index (κ1) is 11.6. The number of esters is 1. The fourth-order valence-corrected chi connectivity index (χ4v) is 1.03. The van der Waals surface area contributed by atoms with E-state index in [0.29, 0.717) is 12.4 Å². The van der Waals surface area contributed by atoms with E-state index < -0.39 is 5.97 Å². The van der Waals surface area contributed by atoms with Crippen LogP contribution >= 0.6 is 0 Å². The number of nitrogens with zero attached hydrogens (tertiary/aromatic N) is 2. The van der Waals surface area contributed by atoms with Gasteiger partial charge in [0.1, 0.15) is 12.5 Å². The summed E-state index contributed by atoms with van der Waals surface area (Å²) in [4.78, 5) is 14.9. The minimum Gasteiger partial charge on any atom is -0.469 e. The van der Waals surface area contributed by atoms with E-state index in [0.717, 1.165) is 0 Å². The fourth-order valence-electron chi connectivity index (χ4n) is 1.03. The van der Waals surface area contributed by atoms with Gasteiger partial charge in [0.25, 0.3) is 0 Å². The number of aromatic nitrogens is 2. The lowest BCUT2D eigenvalue weighted by molar-refractivity contribution is -0.140. The second-order valence-electron chi connectivity index (χ2n) is 2.90. The number of ether oxygens (including phenoxy) is 2. The number of methoxy groups -OCH3 is 1. The molecular weight excluding hydrogens is 200 g/mol. The molecule has 1 rings (SSSR count). The predicted octanol–water partition coefficient (Wildman–Crippen LogP) is 0.883. The summed E-state index contributed by atoms with van der Waals surface area (Å²) in [6, 6.07) is 0. The molecule has 0 aliphatic carbocycles. The number of rotatable bonds is 5. The van der Waals surface area contributed by atoms with Crippen molar-refractivity contribution in [2.75, 3.05) is 13.7 Å². The molecule has 0 aliphatic rings. The summed E-state index contributed by atoms with van der Waals surface area (Å²) in [5.74, 6) is 0.272. The highest BCUT2D eigenvalue weighted by atomic mass is 16.5. The first-order valence-corrected chi connectivity index (χ1v) is 4.68. The van der Waals surface area contributed by atoms with Crippen molar-refractivity contribution in [2.24, 2.45) is 0 Å². The molecule has 0 saturated heterocycles. The van der Waals surface area contributed by atoms with Crippen molar-refractivity contribution in [3.8, 4) is 0 Å². The van der Waals surface area contributed by atoms with Gasteiger partial charge in [-0.3, -0.25) is 4.79 Å². The summed E-state index contributed by atoms with van der Waals surface area (Å²) in [6.45, 7) is 4.27. The first-order chi connectivity index (χ1) is 7.17. The molecule has 0 amide bonds. The second-order valence-corrected chi connectivity index (χ2v) is 2.90. The monoisotopic (exact) mass is 214 g/mol. The number of carbonyl (C=O) groups is 1. The van der Waals surface area contributed by atoms with Gasteiger partial charge in [0.05, 0.1) is 7.11 Å². The van der Waals surface area contributed by atoms with Crippen molar-refractivity contribution in [2.45, 2.75) is 26.4 Å². The average molecular weight is 214 g/mol. The normalized spacial score (nSPS) is 12.5. The lowest BCUT2D eigenvalue weighted by atomic mass is 10.4. The SMILES string of the molecule is CCOC(C)c1noc(CC(=O)OC)n1. The molecule has 1 heterocycles. The number of carbonyl (C=O) groups excluding carboxylic acids is 1. The molecular formula is C9H14N2O4. The van der Waals surface area contributed by atoms with Crippen molar-refractivity contribution < 1.29 is 18.8 Å². The topological polar surface area (TPSA) is 74.5 Å². The van der Waals surface area contributed by atoms with Crippen molar-refractivity contribution in [3.05, 3.63) is 11.7 Å². The highest BCUT2D eigenvalue weighted by molar-refractivity contribution is 5.70. The van der Waals surface area contributed by atoms with E-state index in [-0.39, 0.29) is 18.4 Å². The van der Waals surface area contributed by atoms with Crippen LogP contribution in [0.3, 0.4) is 0 Å². The van der Waals surface area contributed by atoms with Crippen molar-refractivity contribution in [1.82, 2.24) is 10.1 Å². The highest BCUT2D eigenvalue weighted by Crippen LogP contribution is 2.12. The zero-order valence-corrected chi connectivity index (χ0v) is 9.02. The number of hydrogen-bond donors (Lipinski definition) is 0. The standard InChI is InChI=1S/C9H14N2O4/c1-4-14-6(2)9-10-7(15-11-9)5-8(12)13-3/h6H,4-5H2,1-3H3. The zero-order valence-electron chi connectivity index (χ0n) is 9.02. The van der Waals surface area contributed by atoms with Crippen LogP contribution < -0.4 is 0 Å². The Labute approximate surface area is 87.6 Å². The molecule has 0 radical (unpaired) electrons. The highest BCUT2D eigenvalue weighted by Gasteiger charge is 2.15. The minimum absolute atomic E-state index is 0.0116. The fraction of sp³-hybridized carbons (Fsp3) is 0.667. The van der Waals surface area contributed by atoms with Crippen LogP contribution in [-0.4, -0.2) is 29.8 Å². The first-order valence-electron chi connectivity index (χ1n) is 4.68. The summed E-state index contributed by atoms with van der Waals surface area (Å²) >= 11 is 0. The molecule has 1 aromatic rings. The maximum absolute atomic E-state index is 10.9. The van der Waals surface area contributed by atoms with E-state index in [1.807, 2.05) is 13.8 Å². The van der Waals surface area contributed by atoms with Gasteiger partial charge in [-0.15, -0.1) is 0 Å². The molecule has 1 atom stereocenters. The summed E-state index contributed by atoms with van der Waals surface area (Å²) in [5, 5.41) is 3.70. The molecule has 0 saturated carbocycles. The van der Waals surface area contributed by atoms with E-state index in [9.17, 15) is 4.79 Å². The minimum atomic E-state index is -0.408. The Morgan fingerprint density at radius 1 is 1.60 bits per heavy atom. The van der Waals surface area contributed by atoms with Crippen LogP contribution in [0.25, 0.3) is 0 Å². The Morgan fingerprint density at radius 3 is 2.93 bits per heavy atom. The molecule has 1 aromatic heterocycles. The molecule has 0 aromatic carbocycles. The zero-order chi connectivity index (χ0) is 11.3. The van der Waals surface area contributed by atoms with Crippen LogP contribution in [0.1, 0.15) is 31.7 Å². The molecule has 1 unspecified atom stereocenters. The van der Waals surface area contributed by atoms with E-state index in [1.165, 1.54) is 7.11 Å².